The van der Waals surface area contributed by atoms with Crippen LogP contribution in [0.2, 0.25) is 0 Å². The van der Waals surface area contributed by atoms with E-state index in [0.29, 0.717) is 0 Å². The first kappa shape index (κ1) is 9.79. The molecule has 14 heavy (non-hydrogen) atoms. The van der Waals surface area contributed by atoms with Crippen LogP contribution in [0.5, 0.6) is 0 Å². The monoisotopic (exact) mass is 206 g/mol. The molecule has 1 heteroatoms. The molecule has 1 atom stereocenters. The van der Waals surface area contributed by atoms with Gasteiger partial charge >= 0.3 is 0 Å². The highest BCUT2D eigenvalue weighted by molar-refractivity contribution is 6.24. The maximum atomic E-state index is 6.30. The summed E-state index contributed by atoms with van der Waals surface area (Å²) in [6.07, 6.45) is 10.7. The third-order valence-electron chi connectivity index (χ3n) is 2.98. The lowest BCUT2D eigenvalue weighted by molar-refractivity contribution is 0.569. The Morgan fingerprint density at radius 2 is 2.07 bits per heavy atom. The van der Waals surface area contributed by atoms with Crippen molar-refractivity contribution in [2.45, 2.75) is 26.1 Å². The minimum atomic E-state index is 0.0612. The van der Waals surface area contributed by atoms with Crippen molar-refractivity contribution in [3.63, 3.8) is 0 Å². The Labute approximate surface area is 90.7 Å². The first-order chi connectivity index (χ1) is 6.52. The van der Waals surface area contributed by atoms with Crippen molar-refractivity contribution in [3.8, 4) is 0 Å². The highest BCUT2D eigenvalue weighted by Gasteiger charge is 2.31. The first-order valence-electron chi connectivity index (χ1n) is 4.96. The van der Waals surface area contributed by atoms with Gasteiger partial charge in [0.1, 0.15) is 0 Å². The van der Waals surface area contributed by atoms with Crippen LogP contribution in [-0.4, -0.2) is 5.38 Å². The highest BCUT2D eigenvalue weighted by atomic mass is 35.5. The van der Waals surface area contributed by atoms with Crippen molar-refractivity contribution in [2.75, 3.05) is 0 Å². The lowest BCUT2D eigenvalue weighted by Crippen LogP contribution is -2.17. The summed E-state index contributed by atoms with van der Waals surface area (Å²) in [5, 5.41) is 0.0612. The van der Waals surface area contributed by atoms with E-state index in [0.717, 1.165) is 0 Å². The molecule has 0 heterocycles. The molecule has 0 nitrogen and oxygen atoms in total. The van der Waals surface area contributed by atoms with Crippen molar-refractivity contribution < 1.29 is 0 Å². The molecule has 2 aliphatic carbocycles. The first-order valence-corrected chi connectivity index (χ1v) is 5.39. The molecule has 2 aliphatic rings. The van der Waals surface area contributed by atoms with Gasteiger partial charge in [-0.3, -0.25) is 0 Å². The molecule has 0 spiro atoms. The average Bonchev–Trinajstić information content (AvgIpc) is 2.42. The molecular weight excluding hydrogens is 192 g/mol. The average molecular weight is 207 g/mol. The fraction of sp³-hybridized carbons (Fsp3) is 0.385. The predicted octanol–water partition coefficient (Wildman–Crippen LogP) is 4.00. The minimum Gasteiger partial charge on any atom is -0.114 e. The summed E-state index contributed by atoms with van der Waals surface area (Å²) in [5.41, 5.74) is 4.03. The third-order valence-corrected chi connectivity index (χ3v) is 3.34. The number of alkyl halides is 1. The highest BCUT2D eigenvalue weighted by Crippen LogP contribution is 2.42. The molecule has 0 saturated heterocycles. The molecule has 0 bridgehead atoms. The fourth-order valence-electron chi connectivity index (χ4n) is 2.17. The van der Waals surface area contributed by atoms with E-state index in [4.69, 9.17) is 11.6 Å². The van der Waals surface area contributed by atoms with Crippen LogP contribution in [0.25, 0.3) is 0 Å². The SMILES string of the molecule is CC1=CC=CC(C)(C)C2=C1C=CC2Cl. The summed E-state index contributed by atoms with van der Waals surface area (Å²) in [4.78, 5) is 0. The van der Waals surface area contributed by atoms with Gasteiger partial charge in [-0.1, -0.05) is 44.2 Å². The van der Waals surface area contributed by atoms with Crippen LogP contribution in [0.3, 0.4) is 0 Å². The van der Waals surface area contributed by atoms with Gasteiger partial charge in [0, 0.05) is 5.41 Å². The smallest absolute Gasteiger partial charge is 0.0746 e. The number of hydrogen-bond acceptors (Lipinski definition) is 0. The summed E-state index contributed by atoms with van der Waals surface area (Å²) >= 11 is 6.30. The van der Waals surface area contributed by atoms with Crippen molar-refractivity contribution in [1.29, 1.82) is 0 Å². The Morgan fingerprint density at radius 1 is 1.36 bits per heavy atom. The topological polar surface area (TPSA) is 0 Å². The van der Waals surface area contributed by atoms with Crippen LogP contribution in [0.4, 0.5) is 0 Å². The Kier molecular flexibility index (Phi) is 2.19. The standard InChI is InChI=1S/C13H15Cl/c1-9-5-4-8-13(2,3)12-10(9)6-7-11(12)14/h4-8,11H,1-3H3. The molecule has 74 valence electrons. The molecule has 0 fully saturated rings. The predicted molar refractivity (Wildman–Crippen MR) is 62.5 cm³/mol. The van der Waals surface area contributed by atoms with E-state index in [9.17, 15) is 0 Å². The van der Waals surface area contributed by atoms with E-state index in [1.165, 1.54) is 16.7 Å². The Morgan fingerprint density at radius 3 is 2.79 bits per heavy atom. The third kappa shape index (κ3) is 1.38. The molecular formula is C13H15Cl. The summed E-state index contributed by atoms with van der Waals surface area (Å²) in [6, 6.07) is 0. The molecule has 0 aliphatic heterocycles. The van der Waals surface area contributed by atoms with Gasteiger partial charge in [0.15, 0.2) is 0 Å². The molecule has 0 saturated carbocycles. The second-order valence-corrected chi connectivity index (χ2v) is 4.99. The van der Waals surface area contributed by atoms with E-state index in [1.54, 1.807) is 0 Å². The molecule has 0 aromatic carbocycles. The van der Waals surface area contributed by atoms with Crippen molar-refractivity contribution in [3.05, 3.63) is 47.1 Å². The molecule has 0 amide bonds. The number of allylic oxidation sites excluding steroid dienone is 8. The molecule has 0 radical (unpaired) electrons. The Bertz CT molecular complexity index is 378. The molecule has 1 unspecified atom stereocenters. The largest absolute Gasteiger partial charge is 0.114 e. The van der Waals surface area contributed by atoms with Crippen LogP contribution in [0.15, 0.2) is 47.1 Å². The van der Waals surface area contributed by atoms with Gasteiger partial charge in [-0.25, -0.2) is 0 Å². The Balaban J connectivity index is 2.59. The molecule has 0 N–H and O–H groups in total. The van der Waals surface area contributed by atoms with Crippen LogP contribution in [-0.2, 0) is 0 Å². The quantitative estimate of drug-likeness (QED) is 0.526. The zero-order valence-electron chi connectivity index (χ0n) is 8.84. The maximum Gasteiger partial charge on any atom is 0.0746 e. The Hall–Kier alpha value is -0.750. The van der Waals surface area contributed by atoms with Gasteiger partial charge in [0.05, 0.1) is 5.38 Å². The van der Waals surface area contributed by atoms with E-state index in [2.05, 4.69) is 51.2 Å². The van der Waals surface area contributed by atoms with E-state index < -0.39 is 0 Å². The molecule has 0 aromatic rings. The number of halogens is 1. The number of rotatable bonds is 0. The molecule has 0 aromatic heterocycles. The van der Waals surface area contributed by atoms with E-state index >= 15 is 0 Å². The fourth-order valence-corrected chi connectivity index (χ4v) is 2.65. The summed E-state index contributed by atoms with van der Waals surface area (Å²) in [5.74, 6) is 0. The lowest BCUT2D eigenvalue weighted by atomic mass is 9.81. The van der Waals surface area contributed by atoms with Gasteiger partial charge in [-0.2, -0.15) is 0 Å². The second kappa shape index (κ2) is 3.13. The van der Waals surface area contributed by atoms with Gasteiger partial charge in [0.2, 0.25) is 0 Å². The van der Waals surface area contributed by atoms with Crippen LogP contribution >= 0.6 is 11.6 Å². The van der Waals surface area contributed by atoms with Crippen LogP contribution < -0.4 is 0 Å². The minimum absolute atomic E-state index is 0.0612. The maximum absolute atomic E-state index is 6.30. The lowest BCUT2D eigenvalue weighted by Gasteiger charge is -2.25. The van der Waals surface area contributed by atoms with E-state index in [-0.39, 0.29) is 10.8 Å². The van der Waals surface area contributed by atoms with Crippen LogP contribution in [0, 0.1) is 5.41 Å². The van der Waals surface area contributed by atoms with Gasteiger partial charge in [0.25, 0.3) is 0 Å². The zero-order valence-corrected chi connectivity index (χ0v) is 9.60. The van der Waals surface area contributed by atoms with Crippen LogP contribution in [0.1, 0.15) is 20.8 Å². The molecule has 2 rings (SSSR count). The van der Waals surface area contributed by atoms with E-state index in [1.807, 2.05) is 0 Å². The summed E-state index contributed by atoms with van der Waals surface area (Å²) in [6.45, 7) is 6.57. The summed E-state index contributed by atoms with van der Waals surface area (Å²) < 4.78 is 0. The van der Waals surface area contributed by atoms with Gasteiger partial charge in [-0.05, 0) is 23.6 Å². The second-order valence-electron chi connectivity index (χ2n) is 4.52. The zero-order chi connectivity index (χ0) is 10.3. The van der Waals surface area contributed by atoms with Gasteiger partial charge < -0.3 is 0 Å². The van der Waals surface area contributed by atoms with Gasteiger partial charge in [-0.15, -0.1) is 11.6 Å². The number of hydrogen-bond donors (Lipinski definition) is 0. The van der Waals surface area contributed by atoms with Crippen molar-refractivity contribution >= 4 is 11.6 Å². The van der Waals surface area contributed by atoms with Crippen molar-refractivity contribution in [1.82, 2.24) is 0 Å². The normalized spacial score (nSPS) is 28.9. The summed E-state index contributed by atoms with van der Waals surface area (Å²) in [7, 11) is 0. The van der Waals surface area contributed by atoms with Crippen molar-refractivity contribution in [2.24, 2.45) is 5.41 Å².